The summed E-state index contributed by atoms with van der Waals surface area (Å²) in [5.74, 6) is -0.105. The fraction of sp³-hybridized carbons (Fsp3) is 0.263. The predicted molar refractivity (Wildman–Crippen MR) is 93.7 cm³/mol. The molecule has 2 aromatic carbocycles. The zero-order chi connectivity index (χ0) is 18.8. The number of carbonyl (C=O) groups is 2. The van der Waals surface area contributed by atoms with Crippen molar-refractivity contribution in [3.8, 4) is 11.5 Å². The van der Waals surface area contributed by atoms with Crippen LogP contribution in [0.25, 0.3) is 0 Å². The van der Waals surface area contributed by atoms with Gasteiger partial charge < -0.3 is 19.5 Å². The van der Waals surface area contributed by atoms with E-state index in [1.807, 2.05) is 6.92 Å². The summed E-state index contributed by atoms with van der Waals surface area (Å²) in [5, 5.41) is 2.50. The third kappa shape index (κ3) is 6.80. The van der Waals surface area contributed by atoms with Gasteiger partial charge in [-0.05, 0) is 55.5 Å². The van der Waals surface area contributed by atoms with E-state index in [0.29, 0.717) is 18.0 Å². The van der Waals surface area contributed by atoms with Crippen LogP contribution in [0, 0.1) is 5.82 Å². The second-order valence-corrected chi connectivity index (χ2v) is 5.22. The molecule has 0 aliphatic heterocycles. The lowest BCUT2D eigenvalue weighted by Gasteiger charge is -2.08. The first kappa shape index (κ1) is 19.2. The normalized spacial score (nSPS) is 10.1. The summed E-state index contributed by atoms with van der Waals surface area (Å²) >= 11 is 0. The third-order valence-corrected chi connectivity index (χ3v) is 3.20. The molecule has 0 radical (unpaired) electrons. The van der Waals surface area contributed by atoms with E-state index in [4.69, 9.17) is 14.2 Å². The van der Waals surface area contributed by atoms with E-state index >= 15 is 0 Å². The van der Waals surface area contributed by atoms with Crippen molar-refractivity contribution in [2.75, 3.05) is 25.1 Å². The summed E-state index contributed by atoms with van der Waals surface area (Å²) in [6.45, 7) is 2.20. The molecular formula is C19H20FNO5. The minimum Gasteiger partial charge on any atom is -0.494 e. The Morgan fingerprint density at radius 2 is 1.58 bits per heavy atom. The summed E-state index contributed by atoms with van der Waals surface area (Å²) in [6, 6.07) is 12.3. The molecule has 1 N–H and O–H groups in total. The van der Waals surface area contributed by atoms with E-state index < -0.39 is 24.3 Å². The van der Waals surface area contributed by atoms with Crippen LogP contribution in [0.4, 0.5) is 10.1 Å². The van der Waals surface area contributed by atoms with Crippen LogP contribution < -0.4 is 14.8 Å². The molecule has 0 saturated heterocycles. The molecule has 0 bridgehead atoms. The number of carbonyl (C=O) groups excluding carboxylic acids is 2. The highest BCUT2D eigenvalue weighted by atomic mass is 19.1. The van der Waals surface area contributed by atoms with Crippen molar-refractivity contribution in [3.63, 3.8) is 0 Å². The topological polar surface area (TPSA) is 73.9 Å². The second kappa shape index (κ2) is 10.0. The van der Waals surface area contributed by atoms with Crippen LogP contribution in [-0.4, -0.2) is 31.7 Å². The average Bonchev–Trinajstić information content (AvgIpc) is 2.64. The van der Waals surface area contributed by atoms with Gasteiger partial charge in [-0.15, -0.1) is 0 Å². The molecule has 1 amide bonds. The zero-order valence-electron chi connectivity index (χ0n) is 14.4. The molecule has 7 heteroatoms. The number of halogens is 1. The maximum absolute atomic E-state index is 12.8. The zero-order valence-corrected chi connectivity index (χ0v) is 14.4. The first-order chi connectivity index (χ1) is 12.6. The number of amides is 1. The number of benzene rings is 2. The minimum atomic E-state index is -0.551. The highest BCUT2D eigenvalue weighted by molar-refractivity contribution is 5.92. The number of hydrogen-bond donors (Lipinski definition) is 1. The Balaban J connectivity index is 1.63. The molecule has 0 aliphatic carbocycles. The Hall–Kier alpha value is -3.09. The summed E-state index contributed by atoms with van der Waals surface area (Å²) in [6.07, 6.45) is 0.0110. The Morgan fingerprint density at radius 1 is 0.962 bits per heavy atom. The number of esters is 1. The maximum Gasteiger partial charge on any atom is 0.309 e. The van der Waals surface area contributed by atoms with Crippen LogP contribution in [0.1, 0.15) is 13.3 Å². The van der Waals surface area contributed by atoms with Crippen LogP contribution in [0.5, 0.6) is 11.5 Å². The molecule has 0 aromatic heterocycles. The Bertz CT molecular complexity index is 716. The van der Waals surface area contributed by atoms with E-state index in [-0.39, 0.29) is 13.0 Å². The Labute approximate surface area is 150 Å². The fourth-order valence-electron chi connectivity index (χ4n) is 2.00. The molecule has 0 unspecified atom stereocenters. The molecule has 0 spiro atoms. The van der Waals surface area contributed by atoms with Gasteiger partial charge in [-0.3, -0.25) is 9.59 Å². The van der Waals surface area contributed by atoms with Crippen LogP contribution in [-0.2, 0) is 14.3 Å². The summed E-state index contributed by atoms with van der Waals surface area (Å²) in [7, 11) is 0. The van der Waals surface area contributed by atoms with Gasteiger partial charge in [0.25, 0.3) is 5.91 Å². The van der Waals surface area contributed by atoms with Crippen molar-refractivity contribution in [2.24, 2.45) is 0 Å². The van der Waals surface area contributed by atoms with E-state index in [1.54, 1.807) is 24.3 Å². The lowest BCUT2D eigenvalue weighted by molar-refractivity contribution is -0.147. The van der Waals surface area contributed by atoms with Crippen molar-refractivity contribution in [2.45, 2.75) is 13.3 Å². The molecule has 26 heavy (non-hydrogen) atoms. The average molecular weight is 361 g/mol. The van der Waals surface area contributed by atoms with E-state index in [1.165, 1.54) is 24.3 Å². The first-order valence-corrected chi connectivity index (χ1v) is 8.13. The summed E-state index contributed by atoms with van der Waals surface area (Å²) < 4.78 is 28.4. The van der Waals surface area contributed by atoms with E-state index in [0.717, 1.165) is 5.75 Å². The van der Waals surface area contributed by atoms with Gasteiger partial charge in [-0.2, -0.15) is 0 Å². The van der Waals surface area contributed by atoms with Crippen molar-refractivity contribution < 1.29 is 28.2 Å². The highest BCUT2D eigenvalue weighted by Gasteiger charge is 2.08. The molecule has 0 aliphatic rings. The SMILES string of the molecule is CCOc1ccc(OCCC(=O)OCC(=O)Nc2ccc(F)cc2)cc1. The largest absolute Gasteiger partial charge is 0.494 e. The molecule has 6 nitrogen and oxygen atoms in total. The number of rotatable bonds is 9. The smallest absolute Gasteiger partial charge is 0.309 e. The fourth-order valence-corrected chi connectivity index (χ4v) is 2.00. The number of anilines is 1. The highest BCUT2D eigenvalue weighted by Crippen LogP contribution is 2.17. The van der Waals surface area contributed by atoms with Gasteiger partial charge in [0, 0.05) is 5.69 Å². The molecule has 2 aromatic rings. The third-order valence-electron chi connectivity index (χ3n) is 3.20. The molecule has 138 valence electrons. The van der Waals surface area contributed by atoms with Gasteiger partial charge in [-0.1, -0.05) is 0 Å². The molecule has 0 saturated carbocycles. The van der Waals surface area contributed by atoms with Crippen molar-refractivity contribution in [3.05, 3.63) is 54.3 Å². The van der Waals surface area contributed by atoms with Crippen molar-refractivity contribution in [1.82, 2.24) is 0 Å². The van der Waals surface area contributed by atoms with Crippen LogP contribution >= 0.6 is 0 Å². The summed E-state index contributed by atoms with van der Waals surface area (Å²) in [5.41, 5.74) is 0.422. The predicted octanol–water partition coefficient (Wildman–Crippen LogP) is 3.18. The summed E-state index contributed by atoms with van der Waals surface area (Å²) in [4.78, 5) is 23.3. The van der Waals surface area contributed by atoms with Gasteiger partial charge in [0.15, 0.2) is 6.61 Å². The Morgan fingerprint density at radius 3 is 2.19 bits per heavy atom. The van der Waals surface area contributed by atoms with Crippen molar-refractivity contribution >= 4 is 17.6 Å². The molecule has 0 heterocycles. The lowest BCUT2D eigenvalue weighted by atomic mass is 10.3. The van der Waals surface area contributed by atoms with Crippen LogP contribution in [0.3, 0.4) is 0 Å². The van der Waals surface area contributed by atoms with Gasteiger partial charge in [0.1, 0.15) is 17.3 Å². The van der Waals surface area contributed by atoms with Gasteiger partial charge >= 0.3 is 5.97 Å². The van der Waals surface area contributed by atoms with E-state index in [9.17, 15) is 14.0 Å². The lowest BCUT2D eigenvalue weighted by Crippen LogP contribution is -2.21. The molecule has 2 rings (SSSR count). The Kier molecular flexibility index (Phi) is 7.42. The van der Waals surface area contributed by atoms with Crippen LogP contribution in [0.15, 0.2) is 48.5 Å². The first-order valence-electron chi connectivity index (χ1n) is 8.13. The number of hydrogen-bond acceptors (Lipinski definition) is 5. The second-order valence-electron chi connectivity index (χ2n) is 5.22. The van der Waals surface area contributed by atoms with E-state index in [2.05, 4.69) is 5.32 Å². The molecule has 0 atom stereocenters. The van der Waals surface area contributed by atoms with Crippen LogP contribution in [0.2, 0.25) is 0 Å². The van der Waals surface area contributed by atoms with Gasteiger partial charge in [-0.25, -0.2) is 4.39 Å². The minimum absolute atomic E-state index is 0.0110. The number of ether oxygens (including phenoxy) is 3. The van der Waals surface area contributed by atoms with Gasteiger partial charge in [0.05, 0.1) is 19.6 Å². The van der Waals surface area contributed by atoms with Crippen molar-refractivity contribution in [1.29, 1.82) is 0 Å². The number of nitrogens with one attached hydrogen (secondary N) is 1. The molecular weight excluding hydrogens is 341 g/mol. The standard InChI is InChI=1S/C19H20FNO5/c1-2-24-16-7-9-17(10-8-16)25-12-11-19(23)26-13-18(22)21-15-5-3-14(20)4-6-15/h3-10H,2,11-13H2,1H3,(H,21,22). The maximum atomic E-state index is 12.8. The quantitative estimate of drug-likeness (QED) is 0.695. The molecule has 0 fully saturated rings. The monoisotopic (exact) mass is 361 g/mol. The van der Waals surface area contributed by atoms with Gasteiger partial charge in [0.2, 0.25) is 0 Å².